The highest BCUT2D eigenvalue weighted by molar-refractivity contribution is 14.1. The van der Waals surface area contributed by atoms with Gasteiger partial charge in [0.25, 0.3) is 0 Å². The van der Waals surface area contributed by atoms with Crippen molar-refractivity contribution in [3.63, 3.8) is 0 Å². The third-order valence-electron chi connectivity index (χ3n) is 4.42. The molecule has 5 heteroatoms. The van der Waals surface area contributed by atoms with Crippen molar-refractivity contribution in [2.45, 2.75) is 41.5 Å². The predicted octanol–water partition coefficient (Wildman–Crippen LogP) is 5.21. The molecular weight excluding hydrogens is 536 g/mol. The minimum absolute atomic E-state index is 1.13. The maximum atomic E-state index is 4.97. The SMILES string of the molecule is Cc1cc(C)c(-n2n[n+](-c3c(C)cc(C)cc3C)c(I)c2I)c(C)c1. The van der Waals surface area contributed by atoms with Gasteiger partial charge in [-0.05, 0) is 63.8 Å². The molecule has 0 aliphatic carbocycles. The van der Waals surface area contributed by atoms with Crippen molar-refractivity contribution in [2.24, 2.45) is 0 Å². The first-order valence-electron chi connectivity index (χ1n) is 8.23. The molecule has 0 N–H and O–H groups in total. The molecule has 0 radical (unpaired) electrons. The van der Waals surface area contributed by atoms with Crippen LogP contribution in [0.3, 0.4) is 0 Å². The van der Waals surface area contributed by atoms with Gasteiger partial charge in [-0.2, -0.15) is 0 Å². The lowest BCUT2D eigenvalue weighted by Crippen LogP contribution is -2.38. The zero-order valence-electron chi connectivity index (χ0n) is 15.4. The molecule has 3 rings (SSSR count). The number of nitrogens with zero attached hydrogens (tertiary/aromatic N) is 3. The van der Waals surface area contributed by atoms with Gasteiger partial charge in [-0.25, -0.2) is 0 Å². The molecule has 3 aromatic rings. The molecule has 0 saturated carbocycles. The van der Waals surface area contributed by atoms with Crippen LogP contribution in [0.2, 0.25) is 0 Å². The molecule has 0 bridgehead atoms. The summed E-state index contributed by atoms with van der Waals surface area (Å²) in [5.41, 5.74) is 9.92. The van der Waals surface area contributed by atoms with Crippen LogP contribution in [0.15, 0.2) is 24.3 Å². The van der Waals surface area contributed by atoms with Gasteiger partial charge in [-0.15, -0.1) is 0 Å². The van der Waals surface area contributed by atoms with Gasteiger partial charge < -0.3 is 0 Å². The lowest BCUT2D eigenvalue weighted by atomic mass is 10.1. The Morgan fingerprint density at radius 3 is 1.68 bits per heavy atom. The van der Waals surface area contributed by atoms with E-state index in [9.17, 15) is 0 Å². The minimum atomic E-state index is 1.13. The highest BCUT2D eigenvalue weighted by Gasteiger charge is 2.28. The van der Waals surface area contributed by atoms with E-state index >= 15 is 0 Å². The maximum Gasteiger partial charge on any atom is 0.247 e. The van der Waals surface area contributed by atoms with Gasteiger partial charge in [0.05, 0.1) is 0 Å². The van der Waals surface area contributed by atoms with Crippen LogP contribution in [0.1, 0.15) is 33.4 Å². The number of hydrogen-bond acceptors (Lipinski definition) is 1. The molecule has 1 aromatic heterocycles. The zero-order chi connectivity index (χ0) is 18.5. The van der Waals surface area contributed by atoms with Gasteiger partial charge in [-0.3, -0.25) is 0 Å². The zero-order valence-corrected chi connectivity index (χ0v) is 19.7. The van der Waals surface area contributed by atoms with E-state index in [1.54, 1.807) is 0 Å². The number of hydrogen-bond donors (Lipinski definition) is 0. The normalized spacial score (nSPS) is 11.2. The smallest absolute Gasteiger partial charge is 0.0864 e. The quantitative estimate of drug-likeness (QED) is 0.313. The summed E-state index contributed by atoms with van der Waals surface area (Å²) in [6.07, 6.45) is 0. The fourth-order valence-electron chi connectivity index (χ4n) is 3.64. The van der Waals surface area contributed by atoms with Crippen LogP contribution in [-0.2, 0) is 0 Å². The lowest BCUT2D eigenvalue weighted by Gasteiger charge is -2.07. The third-order valence-corrected chi connectivity index (χ3v) is 7.38. The molecule has 0 saturated heterocycles. The summed E-state index contributed by atoms with van der Waals surface area (Å²) >= 11 is 4.80. The maximum absolute atomic E-state index is 4.97. The van der Waals surface area contributed by atoms with Crippen LogP contribution in [0.25, 0.3) is 11.4 Å². The van der Waals surface area contributed by atoms with E-state index in [0.717, 1.165) is 7.40 Å². The molecule has 130 valence electrons. The Balaban J connectivity index is 2.28. The first-order chi connectivity index (χ1) is 11.7. The van der Waals surface area contributed by atoms with Crippen molar-refractivity contribution in [3.8, 4) is 11.4 Å². The Morgan fingerprint density at radius 2 is 1.20 bits per heavy atom. The Labute approximate surface area is 176 Å². The number of rotatable bonds is 2. The average molecular weight is 558 g/mol. The fraction of sp³-hybridized carbons (Fsp3) is 0.300. The minimum Gasteiger partial charge on any atom is -0.0864 e. The van der Waals surface area contributed by atoms with Gasteiger partial charge in [0, 0.05) is 45.2 Å². The van der Waals surface area contributed by atoms with Crippen molar-refractivity contribution in [2.75, 3.05) is 0 Å². The van der Waals surface area contributed by atoms with Gasteiger partial charge in [0.1, 0.15) is 5.21 Å². The molecule has 2 aromatic carbocycles. The van der Waals surface area contributed by atoms with Crippen LogP contribution >= 0.6 is 45.2 Å². The molecule has 0 unspecified atom stereocenters. The van der Waals surface area contributed by atoms with Crippen LogP contribution in [0, 0.1) is 48.9 Å². The van der Waals surface area contributed by atoms with Crippen LogP contribution in [-0.4, -0.2) is 9.90 Å². The van der Waals surface area contributed by atoms with Crippen LogP contribution in [0.5, 0.6) is 0 Å². The Bertz CT molecular complexity index is 863. The summed E-state index contributed by atoms with van der Waals surface area (Å²) in [5.74, 6) is 0. The highest BCUT2D eigenvalue weighted by atomic mass is 127. The Morgan fingerprint density at radius 1 is 0.760 bits per heavy atom. The second kappa shape index (κ2) is 6.98. The summed E-state index contributed by atoms with van der Waals surface area (Å²) in [5, 5.41) is 4.97. The van der Waals surface area contributed by atoms with Gasteiger partial charge in [-0.1, -0.05) is 44.8 Å². The van der Waals surface area contributed by atoms with Crippen molar-refractivity contribution in [1.82, 2.24) is 9.90 Å². The van der Waals surface area contributed by atoms with Crippen molar-refractivity contribution in [3.05, 3.63) is 65.0 Å². The number of halogens is 2. The van der Waals surface area contributed by atoms with E-state index in [2.05, 4.69) is 120 Å². The number of benzene rings is 2. The predicted molar refractivity (Wildman–Crippen MR) is 119 cm³/mol. The summed E-state index contributed by atoms with van der Waals surface area (Å²) in [6, 6.07) is 8.89. The molecule has 0 amide bonds. The molecule has 0 aliphatic heterocycles. The topological polar surface area (TPSA) is 21.7 Å². The van der Waals surface area contributed by atoms with Crippen molar-refractivity contribution >= 4 is 45.2 Å². The molecular formula is C20H22I2N3+. The summed E-state index contributed by atoms with van der Waals surface area (Å²) in [6.45, 7) is 12.9. The van der Waals surface area contributed by atoms with E-state index in [1.165, 1.54) is 44.8 Å². The van der Waals surface area contributed by atoms with Gasteiger partial charge in [0.15, 0.2) is 11.4 Å². The lowest BCUT2D eigenvalue weighted by molar-refractivity contribution is -0.674. The van der Waals surface area contributed by atoms with E-state index in [0.29, 0.717) is 0 Å². The molecule has 3 nitrogen and oxygen atoms in total. The first-order valence-corrected chi connectivity index (χ1v) is 10.4. The van der Waals surface area contributed by atoms with E-state index in [-0.39, 0.29) is 0 Å². The Kier molecular flexibility index (Phi) is 5.26. The van der Waals surface area contributed by atoms with Crippen LogP contribution in [0.4, 0.5) is 0 Å². The summed E-state index contributed by atoms with van der Waals surface area (Å²) in [7, 11) is 0. The molecule has 1 heterocycles. The highest BCUT2D eigenvalue weighted by Crippen LogP contribution is 2.25. The molecule has 25 heavy (non-hydrogen) atoms. The first kappa shape index (κ1) is 18.8. The Hall–Kier alpha value is -0.960. The van der Waals surface area contributed by atoms with Gasteiger partial charge in [0.2, 0.25) is 7.40 Å². The number of aryl methyl sites for hydroxylation is 6. The summed E-state index contributed by atoms with van der Waals surface area (Å²) in [4.78, 5) is 0. The van der Waals surface area contributed by atoms with E-state index in [4.69, 9.17) is 5.21 Å². The monoisotopic (exact) mass is 558 g/mol. The average Bonchev–Trinajstić information content (AvgIpc) is 2.74. The largest absolute Gasteiger partial charge is 0.247 e. The second-order valence-corrected chi connectivity index (χ2v) is 8.83. The third kappa shape index (κ3) is 3.37. The molecule has 0 spiro atoms. The molecule has 0 atom stereocenters. The van der Waals surface area contributed by atoms with Crippen molar-refractivity contribution < 1.29 is 4.68 Å². The molecule has 0 aliphatic rings. The number of aromatic nitrogens is 3. The van der Waals surface area contributed by atoms with Crippen LogP contribution < -0.4 is 4.68 Å². The van der Waals surface area contributed by atoms with E-state index in [1.807, 2.05) is 0 Å². The van der Waals surface area contributed by atoms with E-state index < -0.39 is 0 Å². The second-order valence-electron chi connectivity index (χ2n) is 6.79. The van der Waals surface area contributed by atoms with Crippen molar-refractivity contribution in [1.29, 1.82) is 0 Å². The summed E-state index contributed by atoms with van der Waals surface area (Å²) < 4.78 is 6.41. The standard InChI is InChI=1S/C20H22I2N3/c1-11-7-13(3)17(14(4)8-11)24-19(21)20(22)25(23-24)18-15(5)9-12(2)10-16(18)6/h7-10H,1-6H3/q+1. The fourth-order valence-corrected chi connectivity index (χ4v) is 4.77. The van der Waals surface area contributed by atoms with Gasteiger partial charge >= 0.3 is 0 Å². The molecule has 0 fully saturated rings.